The van der Waals surface area contributed by atoms with E-state index in [4.69, 9.17) is 11.6 Å². The third-order valence-corrected chi connectivity index (χ3v) is 6.12. The Kier molecular flexibility index (Phi) is 6.01. The number of thiophene rings is 1. The molecule has 0 atom stereocenters. The highest BCUT2D eigenvalue weighted by Gasteiger charge is 2.24. The average molecular weight is 444 g/mol. The second-order valence-corrected chi connectivity index (χ2v) is 8.21. The van der Waals surface area contributed by atoms with E-state index in [1.165, 1.54) is 29.5 Å². The van der Waals surface area contributed by atoms with Gasteiger partial charge in [-0.3, -0.25) is 9.59 Å². The Hall–Kier alpha value is -2.90. The minimum Gasteiger partial charge on any atom is -0.367 e. The van der Waals surface area contributed by atoms with Crippen LogP contribution in [0, 0.1) is 5.82 Å². The number of anilines is 2. The smallest absolute Gasteiger partial charge is 0.264 e. The molecule has 2 amide bonds. The first-order chi connectivity index (χ1) is 14.5. The van der Waals surface area contributed by atoms with E-state index >= 15 is 0 Å². The van der Waals surface area contributed by atoms with Gasteiger partial charge in [0.15, 0.2) is 0 Å². The zero-order chi connectivity index (χ0) is 21.1. The van der Waals surface area contributed by atoms with Gasteiger partial charge in [-0.2, -0.15) is 0 Å². The van der Waals surface area contributed by atoms with Crippen LogP contribution in [0.5, 0.6) is 0 Å². The van der Waals surface area contributed by atoms with Crippen molar-refractivity contribution >= 4 is 46.1 Å². The topological polar surface area (TPSA) is 52.7 Å². The predicted octanol–water partition coefficient (Wildman–Crippen LogP) is 4.76. The van der Waals surface area contributed by atoms with Crippen molar-refractivity contribution in [2.45, 2.75) is 0 Å². The van der Waals surface area contributed by atoms with Gasteiger partial charge in [-0.25, -0.2) is 4.39 Å². The van der Waals surface area contributed by atoms with Crippen LogP contribution in [0.4, 0.5) is 15.8 Å². The molecule has 0 bridgehead atoms. The second kappa shape index (κ2) is 8.85. The molecular weight excluding hydrogens is 425 g/mol. The number of carbonyl (C=O) groups is 2. The van der Waals surface area contributed by atoms with Crippen LogP contribution in [0.2, 0.25) is 5.02 Å². The van der Waals surface area contributed by atoms with Gasteiger partial charge < -0.3 is 15.1 Å². The monoisotopic (exact) mass is 443 g/mol. The zero-order valence-corrected chi connectivity index (χ0v) is 17.5. The van der Waals surface area contributed by atoms with Crippen LogP contribution in [0.1, 0.15) is 20.0 Å². The van der Waals surface area contributed by atoms with Crippen LogP contribution in [0.3, 0.4) is 0 Å². The summed E-state index contributed by atoms with van der Waals surface area (Å²) in [5.41, 5.74) is 1.30. The Labute approximate surface area is 182 Å². The lowest BCUT2D eigenvalue weighted by molar-refractivity contribution is 0.0751. The minimum absolute atomic E-state index is 0.0239. The van der Waals surface area contributed by atoms with E-state index in [2.05, 4.69) is 10.2 Å². The summed E-state index contributed by atoms with van der Waals surface area (Å²) in [6, 6.07) is 14.7. The fourth-order valence-electron chi connectivity index (χ4n) is 3.39. The molecule has 3 aromatic rings. The first kappa shape index (κ1) is 20.4. The number of benzene rings is 2. The van der Waals surface area contributed by atoms with Gasteiger partial charge in [0.2, 0.25) is 0 Å². The van der Waals surface area contributed by atoms with E-state index < -0.39 is 11.7 Å². The lowest BCUT2D eigenvalue weighted by atomic mass is 10.2. The quantitative estimate of drug-likeness (QED) is 0.632. The molecule has 8 heteroatoms. The van der Waals surface area contributed by atoms with Crippen molar-refractivity contribution in [3.05, 3.63) is 81.3 Å². The number of nitrogens with one attached hydrogen (secondary N) is 1. The first-order valence-corrected chi connectivity index (χ1v) is 10.7. The third-order valence-electron chi connectivity index (χ3n) is 4.96. The molecule has 4 rings (SSSR count). The summed E-state index contributed by atoms with van der Waals surface area (Å²) in [5.74, 6) is -1.05. The van der Waals surface area contributed by atoms with Crippen LogP contribution >= 0.6 is 22.9 Å². The average Bonchev–Trinajstić information content (AvgIpc) is 3.29. The van der Waals surface area contributed by atoms with Crippen molar-refractivity contribution in [3.63, 3.8) is 0 Å². The van der Waals surface area contributed by atoms with E-state index in [0.29, 0.717) is 36.9 Å². The molecule has 5 nitrogen and oxygen atoms in total. The van der Waals surface area contributed by atoms with Crippen molar-refractivity contribution in [2.75, 3.05) is 36.4 Å². The molecule has 0 unspecified atom stereocenters. The molecule has 1 saturated heterocycles. The Bertz CT molecular complexity index is 1070. The second-order valence-electron chi connectivity index (χ2n) is 6.86. The normalized spacial score (nSPS) is 13.9. The molecule has 1 aliphatic rings. The van der Waals surface area contributed by atoms with E-state index in [0.717, 1.165) is 10.6 Å². The maximum absolute atomic E-state index is 13.8. The Morgan fingerprint density at radius 2 is 1.77 bits per heavy atom. The van der Waals surface area contributed by atoms with Crippen LogP contribution in [-0.2, 0) is 0 Å². The van der Waals surface area contributed by atoms with E-state index in [1.807, 2.05) is 28.5 Å². The SMILES string of the molecule is O=C(Nc1ccc(N2CCN(C(=O)c3cccs3)CC2)c(Cl)c1)c1ccccc1F. The summed E-state index contributed by atoms with van der Waals surface area (Å²) in [6.07, 6.45) is 0. The fraction of sp³-hybridized carbons (Fsp3) is 0.182. The lowest BCUT2D eigenvalue weighted by Crippen LogP contribution is -2.48. The number of nitrogens with zero attached hydrogens (tertiary/aromatic N) is 2. The highest BCUT2D eigenvalue weighted by molar-refractivity contribution is 7.12. The third kappa shape index (κ3) is 4.32. The molecular formula is C22H19ClFN3O2S. The molecule has 1 aliphatic heterocycles. The van der Waals surface area contributed by atoms with Gasteiger partial charge in [-0.05, 0) is 41.8 Å². The number of amides is 2. The van der Waals surface area contributed by atoms with E-state index in [-0.39, 0.29) is 11.5 Å². The summed E-state index contributed by atoms with van der Waals surface area (Å²) in [5, 5.41) is 5.06. The summed E-state index contributed by atoms with van der Waals surface area (Å²) in [7, 11) is 0. The van der Waals surface area contributed by atoms with Gasteiger partial charge in [0.25, 0.3) is 11.8 Å². The van der Waals surface area contributed by atoms with Crippen LogP contribution < -0.4 is 10.2 Å². The van der Waals surface area contributed by atoms with Crippen molar-refractivity contribution in [2.24, 2.45) is 0 Å². The molecule has 154 valence electrons. The van der Waals surface area contributed by atoms with Gasteiger partial charge in [-0.1, -0.05) is 29.8 Å². The molecule has 1 N–H and O–H groups in total. The molecule has 2 heterocycles. The number of carbonyl (C=O) groups excluding carboxylic acids is 2. The van der Waals surface area contributed by atoms with Gasteiger partial charge >= 0.3 is 0 Å². The molecule has 2 aromatic carbocycles. The highest BCUT2D eigenvalue weighted by Crippen LogP contribution is 2.30. The maximum atomic E-state index is 13.8. The van der Waals surface area contributed by atoms with Crippen LogP contribution in [0.25, 0.3) is 0 Å². The van der Waals surface area contributed by atoms with E-state index in [9.17, 15) is 14.0 Å². The molecule has 1 fully saturated rings. The van der Waals surface area contributed by atoms with Crippen molar-refractivity contribution in [1.82, 2.24) is 4.90 Å². The minimum atomic E-state index is -0.576. The summed E-state index contributed by atoms with van der Waals surface area (Å²) < 4.78 is 13.8. The standard InChI is InChI=1S/C22H19ClFN3O2S/c23-17-14-15(25-21(28)16-4-1-2-5-18(16)24)7-8-19(17)26-9-11-27(12-10-26)22(29)20-6-3-13-30-20/h1-8,13-14H,9-12H2,(H,25,28). The largest absolute Gasteiger partial charge is 0.367 e. The number of rotatable bonds is 4. The number of hydrogen-bond acceptors (Lipinski definition) is 4. The molecule has 0 spiro atoms. The number of hydrogen-bond donors (Lipinski definition) is 1. The van der Waals surface area contributed by atoms with Crippen LogP contribution in [0.15, 0.2) is 60.0 Å². The fourth-order valence-corrected chi connectivity index (χ4v) is 4.38. The molecule has 30 heavy (non-hydrogen) atoms. The first-order valence-electron chi connectivity index (χ1n) is 9.46. The summed E-state index contributed by atoms with van der Waals surface area (Å²) in [4.78, 5) is 29.5. The number of halogens is 2. The van der Waals surface area contributed by atoms with Gasteiger partial charge in [-0.15, -0.1) is 11.3 Å². The molecule has 0 radical (unpaired) electrons. The Balaban J connectivity index is 1.40. The lowest BCUT2D eigenvalue weighted by Gasteiger charge is -2.36. The van der Waals surface area contributed by atoms with Crippen molar-refractivity contribution < 1.29 is 14.0 Å². The van der Waals surface area contributed by atoms with E-state index in [1.54, 1.807) is 18.2 Å². The van der Waals surface area contributed by atoms with Crippen molar-refractivity contribution in [3.8, 4) is 0 Å². The maximum Gasteiger partial charge on any atom is 0.264 e. The summed E-state index contributed by atoms with van der Waals surface area (Å²) in [6.45, 7) is 2.55. The predicted molar refractivity (Wildman–Crippen MR) is 118 cm³/mol. The zero-order valence-electron chi connectivity index (χ0n) is 16.0. The molecule has 1 aromatic heterocycles. The molecule has 0 saturated carbocycles. The Morgan fingerprint density at radius 3 is 2.43 bits per heavy atom. The van der Waals surface area contributed by atoms with Gasteiger partial charge in [0.05, 0.1) is 21.2 Å². The van der Waals surface area contributed by atoms with Crippen LogP contribution in [-0.4, -0.2) is 42.9 Å². The van der Waals surface area contributed by atoms with Crippen molar-refractivity contribution in [1.29, 1.82) is 0 Å². The van der Waals surface area contributed by atoms with Gasteiger partial charge in [0, 0.05) is 31.9 Å². The number of piperazine rings is 1. The Morgan fingerprint density at radius 1 is 1.00 bits per heavy atom. The highest BCUT2D eigenvalue weighted by atomic mass is 35.5. The van der Waals surface area contributed by atoms with Gasteiger partial charge in [0.1, 0.15) is 5.82 Å². The molecule has 0 aliphatic carbocycles. The summed E-state index contributed by atoms with van der Waals surface area (Å²) >= 11 is 7.90.